The maximum Gasteiger partial charge on any atom is 0.295 e. The van der Waals surface area contributed by atoms with Crippen molar-refractivity contribution in [2.75, 3.05) is 32.8 Å². The SMILES string of the molecule is CCCCOc1ccc(/C(O)=C2/C(=O)C(=O)N(CCN(CC)CC)C2c2ccc(Cl)c(Cl)c2)cc1C. The average molecular weight is 533 g/mol. The Morgan fingerprint density at radius 1 is 1.06 bits per heavy atom. The number of likely N-dealkylation sites (N-methyl/N-ethyl adjacent to an activating group) is 1. The fraction of sp³-hybridized carbons (Fsp3) is 0.429. The van der Waals surface area contributed by atoms with Gasteiger partial charge in [0.15, 0.2) is 0 Å². The summed E-state index contributed by atoms with van der Waals surface area (Å²) in [6.45, 7) is 11.3. The number of hydrogen-bond acceptors (Lipinski definition) is 5. The minimum absolute atomic E-state index is 0.0389. The fourth-order valence-electron chi connectivity index (χ4n) is 4.37. The molecule has 1 atom stereocenters. The van der Waals surface area contributed by atoms with Gasteiger partial charge in [0, 0.05) is 18.7 Å². The molecule has 8 heteroatoms. The van der Waals surface area contributed by atoms with Crippen LogP contribution in [0, 0.1) is 6.92 Å². The lowest BCUT2D eigenvalue weighted by Crippen LogP contribution is -2.38. The molecule has 0 saturated carbocycles. The Kier molecular flexibility index (Phi) is 9.83. The quantitative estimate of drug-likeness (QED) is 0.160. The third-order valence-corrected chi connectivity index (χ3v) is 7.29. The van der Waals surface area contributed by atoms with Crippen molar-refractivity contribution in [2.45, 2.75) is 46.6 Å². The summed E-state index contributed by atoms with van der Waals surface area (Å²) in [5.41, 5.74) is 1.93. The molecule has 0 aromatic heterocycles. The zero-order valence-electron chi connectivity index (χ0n) is 21.3. The van der Waals surface area contributed by atoms with Crippen LogP contribution in [0.5, 0.6) is 5.75 Å². The van der Waals surface area contributed by atoms with Crippen molar-refractivity contribution < 1.29 is 19.4 Å². The number of ketones is 1. The summed E-state index contributed by atoms with van der Waals surface area (Å²) in [7, 11) is 0. The molecule has 1 fully saturated rings. The third kappa shape index (κ3) is 6.05. The molecule has 1 amide bonds. The molecule has 2 aromatic rings. The summed E-state index contributed by atoms with van der Waals surface area (Å²) in [5, 5.41) is 12.0. The smallest absolute Gasteiger partial charge is 0.295 e. The van der Waals surface area contributed by atoms with Gasteiger partial charge in [0.25, 0.3) is 11.7 Å². The molecule has 36 heavy (non-hydrogen) atoms. The van der Waals surface area contributed by atoms with E-state index in [2.05, 4.69) is 11.8 Å². The normalized spacial score (nSPS) is 17.3. The molecule has 0 spiro atoms. The van der Waals surface area contributed by atoms with Crippen molar-refractivity contribution in [1.82, 2.24) is 9.80 Å². The van der Waals surface area contributed by atoms with Gasteiger partial charge in [-0.1, -0.05) is 56.5 Å². The van der Waals surface area contributed by atoms with Crippen LogP contribution in [0.4, 0.5) is 0 Å². The molecule has 0 bridgehead atoms. The number of carbonyl (C=O) groups is 2. The third-order valence-electron chi connectivity index (χ3n) is 6.55. The molecule has 194 valence electrons. The van der Waals surface area contributed by atoms with Crippen LogP contribution in [0.25, 0.3) is 5.76 Å². The molecule has 2 aromatic carbocycles. The number of unbranched alkanes of at least 4 members (excludes halogenated alkanes) is 1. The van der Waals surface area contributed by atoms with Gasteiger partial charge in [-0.15, -0.1) is 0 Å². The second kappa shape index (κ2) is 12.6. The van der Waals surface area contributed by atoms with E-state index in [9.17, 15) is 14.7 Å². The summed E-state index contributed by atoms with van der Waals surface area (Å²) in [4.78, 5) is 30.1. The fourth-order valence-corrected chi connectivity index (χ4v) is 4.68. The van der Waals surface area contributed by atoms with Crippen LogP contribution in [0.15, 0.2) is 42.0 Å². The maximum absolute atomic E-state index is 13.3. The predicted molar refractivity (Wildman–Crippen MR) is 145 cm³/mol. The first-order valence-corrected chi connectivity index (χ1v) is 13.2. The molecule has 1 N–H and O–H groups in total. The van der Waals surface area contributed by atoms with E-state index in [1.165, 1.54) is 4.90 Å². The van der Waals surface area contributed by atoms with Crippen molar-refractivity contribution in [3.63, 3.8) is 0 Å². The molecule has 1 aliphatic heterocycles. The van der Waals surface area contributed by atoms with E-state index in [1.54, 1.807) is 36.4 Å². The highest BCUT2D eigenvalue weighted by molar-refractivity contribution is 6.46. The van der Waals surface area contributed by atoms with Crippen LogP contribution in [0.3, 0.4) is 0 Å². The van der Waals surface area contributed by atoms with Gasteiger partial charge in [0.05, 0.1) is 28.3 Å². The Morgan fingerprint density at radius 2 is 1.78 bits per heavy atom. The van der Waals surface area contributed by atoms with Gasteiger partial charge in [0.2, 0.25) is 0 Å². The van der Waals surface area contributed by atoms with Gasteiger partial charge in [-0.2, -0.15) is 0 Å². The number of ether oxygens (including phenoxy) is 1. The summed E-state index contributed by atoms with van der Waals surface area (Å²) in [6.07, 6.45) is 1.97. The van der Waals surface area contributed by atoms with Gasteiger partial charge in [-0.05, 0) is 67.9 Å². The van der Waals surface area contributed by atoms with Gasteiger partial charge in [-0.25, -0.2) is 0 Å². The topological polar surface area (TPSA) is 70.1 Å². The number of benzene rings is 2. The number of rotatable bonds is 11. The van der Waals surface area contributed by atoms with Crippen molar-refractivity contribution in [1.29, 1.82) is 0 Å². The predicted octanol–water partition coefficient (Wildman–Crippen LogP) is 6.24. The zero-order valence-corrected chi connectivity index (χ0v) is 22.8. The number of aliphatic hydroxyl groups is 1. The highest BCUT2D eigenvalue weighted by Crippen LogP contribution is 2.41. The van der Waals surface area contributed by atoms with Crippen LogP contribution in [0.1, 0.15) is 56.3 Å². The number of aliphatic hydroxyl groups excluding tert-OH is 1. The Hall–Kier alpha value is -2.54. The second-order valence-electron chi connectivity index (χ2n) is 8.88. The Balaban J connectivity index is 2.06. The Morgan fingerprint density at radius 3 is 2.39 bits per heavy atom. The second-order valence-corrected chi connectivity index (χ2v) is 9.69. The lowest BCUT2D eigenvalue weighted by atomic mass is 9.94. The van der Waals surface area contributed by atoms with Crippen LogP contribution < -0.4 is 4.74 Å². The molecule has 6 nitrogen and oxygen atoms in total. The molecule has 3 rings (SSSR count). The number of halogens is 2. The van der Waals surface area contributed by atoms with Gasteiger partial charge in [-0.3, -0.25) is 9.59 Å². The summed E-state index contributed by atoms with van der Waals surface area (Å²) in [5.74, 6) is -0.862. The van der Waals surface area contributed by atoms with Crippen LogP contribution in [-0.4, -0.2) is 59.4 Å². The minimum atomic E-state index is -0.781. The first kappa shape index (κ1) is 28.0. The minimum Gasteiger partial charge on any atom is -0.507 e. The molecule has 1 saturated heterocycles. The molecule has 1 unspecified atom stereocenters. The standard InChI is InChI=1S/C28H34Cl2N2O4/c1-5-8-15-36-23-12-10-20(16-18(23)4)26(33)24-25(19-9-11-21(29)22(30)17-19)32(28(35)27(24)34)14-13-31(6-2)7-3/h9-12,16-17,25,33H,5-8,13-15H2,1-4H3/b26-24-. The van der Waals surface area contributed by atoms with Gasteiger partial charge >= 0.3 is 0 Å². The molecular formula is C28H34Cl2N2O4. The maximum atomic E-state index is 13.3. The first-order valence-electron chi connectivity index (χ1n) is 12.4. The van der Waals surface area contributed by atoms with Crippen molar-refractivity contribution in [3.05, 3.63) is 68.7 Å². The first-order chi connectivity index (χ1) is 17.2. The van der Waals surface area contributed by atoms with E-state index >= 15 is 0 Å². The van der Waals surface area contributed by atoms with E-state index in [4.69, 9.17) is 27.9 Å². The number of amides is 1. The molecule has 0 radical (unpaired) electrons. The monoisotopic (exact) mass is 532 g/mol. The van der Waals surface area contributed by atoms with Crippen LogP contribution in [0.2, 0.25) is 10.0 Å². The summed E-state index contributed by atoms with van der Waals surface area (Å²) >= 11 is 12.4. The van der Waals surface area contributed by atoms with E-state index in [0.717, 1.165) is 37.2 Å². The van der Waals surface area contributed by atoms with E-state index in [1.807, 2.05) is 20.8 Å². The number of likely N-dealkylation sites (tertiary alicyclic amines) is 1. The number of nitrogens with zero attached hydrogens (tertiary/aromatic N) is 2. The molecular weight excluding hydrogens is 499 g/mol. The number of Topliss-reactive ketones (excluding diaryl/α,β-unsaturated/α-hetero) is 1. The van der Waals surface area contributed by atoms with Crippen LogP contribution >= 0.6 is 23.2 Å². The molecule has 1 aliphatic rings. The van der Waals surface area contributed by atoms with E-state index in [0.29, 0.717) is 40.9 Å². The Bertz CT molecular complexity index is 1140. The Labute approximate surface area is 223 Å². The van der Waals surface area contributed by atoms with E-state index < -0.39 is 17.7 Å². The van der Waals surface area contributed by atoms with Crippen LogP contribution in [-0.2, 0) is 9.59 Å². The largest absolute Gasteiger partial charge is 0.507 e. The zero-order chi connectivity index (χ0) is 26.4. The highest BCUT2D eigenvalue weighted by Gasteiger charge is 2.46. The number of carbonyl (C=O) groups excluding carboxylic acids is 2. The lowest BCUT2D eigenvalue weighted by Gasteiger charge is -2.28. The van der Waals surface area contributed by atoms with Gasteiger partial charge in [0.1, 0.15) is 11.5 Å². The molecule has 1 heterocycles. The van der Waals surface area contributed by atoms with Crippen molar-refractivity contribution in [2.24, 2.45) is 0 Å². The highest BCUT2D eigenvalue weighted by atomic mass is 35.5. The summed E-state index contributed by atoms with van der Waals surface area (Å²) in [6, 6.07) is 9.49. The number of aryl methyl sites for hydroxylation is 1. The lowest BCUT2D eigenvalue weighted by molar-refractivity contribution is -0.140. The average Bonchev–Trinajstić information content (AvgIpc) is 3.12. The summed E-state index contributed by atoms with van der Waals surface area (Å²) < 4.78 is 5.82. The van der Waals surface area contributed by atoms with Crippen molar-refractivity contribution >= 4 is 40.7 Å². The molecule has 0 aliphatic carbocycles. The van der Waals surface area contributed by atoms with Gasteiger partial charge < -0.3 is 19.6 Å². The van der Waals surface area contributed by atoms with E-state index in [-0.39, 0.29) is 11.3 Å². The number of hydrogen-bond donors (Lipinski definition) is 1. The van der Waals surface area contributed by atoms with Crippen molar-refractivity contribution in [3.8, 4) is 5.75 Å².